The maximum absolute atomic E-state index is 11.8. The van der Waals surface area contributed by atoms with Crippen molar-refractivity contribution in [3.63, 3.8) is 0 Å². The summed E-state index contributed by atoms with van der Waals surface area (Å²) in [7, 11) is 1.70. The molecule has 1 aromatic carbocycles. The second-order valence-electron chi connectivity index (χ2n) is 4.75. The lowest BCUT2D eigenvalue weighted by Crippen LogP contribution is -2.27. The molecule has 5 heteroatoms. The molecule has 0 saturated heterocycles. The Morgan fingerprint density at radius 3 is 2.95 bits per heavy atom. The number of fused-ring (bicyclic) bond motifs is 1. The molecule has 0 aliphatic rings. The van der Waals surface area contributed by atoms with Gasteiger partial charge in [-0.15, -0.1) is 0 Å². The minimum atomic E-state index is -0.411. The molecule has 0 radical (unpaired) electrons. The Balaban J connectivity index is 1.99. The summed E-state index contributed by atoms with van der Waals surface area (Å²) >= 11 is 0. The Morgan fingerprint density at radius 1 is 1.50 bits per heavy atom. The van der Waals surface area contributed by atoms with Crippen LogP contribution in [0.2, 0.25) is 0 Å². The number of para-hydroxylation sites is 2. The number of benzene rings is 1. The normalized spacial score (nSPS) is 12.9. The van der Waals surface area contributed by atoms with Crippen LogP contribution in [-0.4, -0.2) is 40.6 Å². The van der Waals surface area contributed by atoms with E-state index in [-0.39, 0.29) is 5.91 Å². The summed E-state index contributed by atoms with van der Waals surface area (Å²) in [6, 6.07) is 7.44. The summed E-state index contributed by atoms with van der Waals surface area (Å²) < 4.78 is 5.49. The average molecular weight is 274 g/mol. The van der Waals surface area contributed by atoms with Gasteiger partial charge in [-0.25, -0.2) is 4.98 Å². The minimum absolute atomic E-state index is 0.145. The first-order valence-electron chi connectivity index (χ1n) is 6.53. The Kier molecular flexibility index (Phi) is 4.53. The van der Waals surface area contributed by atoms with Gasteiger partial charge in [-0.1, -0.05) is 12.1 Å². The maximum Gasteiger partial charge on any atom is 0.246 e. The van der Waals surface area contributed by atoms with Crippen molar-refractivity contribution >= 4 is 23.1 Å². The fourth-order valence-electron chi connectivity index (χ4n) is 1.72. The molecule has 5 nitrogen and oxygen atoms in total. The fraction of sp³-hybridized carbons (Fsp3) is 0.333. The zero-order valence-corrected chi connectivity index (χ0v) is 11.6. The highest BCUT2D eigenvalue weighted by molar-refractivity contribution is 5.91. The molecule has 0 aliphatic carbocycles. The van der Waals surface area contributed by atoms with Gasteiger partial charge in [0.15, 0.2) is 5.58 Å². The van der Waals surface area contributed by atoms with Gasteiger partial charge in [-0.2, -0.15) is 0 Å². The van der Waals surface area contributed by atoms with Crippen LogP contribution in [0.3, 0.4) is 0 Å². The van der Waals surface area contributed by atoms with E-state index in [0.717, 1.165) is 5.52 Å². The molecule has 0 saturated carbocycles. The summed E-state index contributed by atoms with van der Waals surface area (Å²) in [6.07, 6.45) is 3.12. The minimum Gasteiger partial charge on any atom is -0.437 e. The van der Waals surface area contributed by atoms with Crippen LogP contribution in [0.5, 0.6) is 0 Å². The molecule has 0 bridgehead atoms. The molecule has 1 amide bonds. The van der Waals surface area contributed by atoms with Crippen LogP contribution in [0.1, 0.15) is 19.2 Å². The molecular formula is C15H18N2O3. The molecular weight excluding hydrogens is 256 g/mol. The Bertz CT molecular complexity index is 583. The van der Waals surface area contributed by atoms with Gasteiger partial charge in [-0.3, -0.25) is 4.79 Å². The van der Waals surface area contributed by atoms with Crippen molar-refractivity contribution in [2.75, 3.05) is 13.6 Å². The summed E-state index contributed by atoms with van der Waals surface area (Å²) in [5, 5.41) is 9.19. The van der Waals surface area contributed by atoms with E-state index < -0.39 is 6.10 Å². The zero-order chi connectivity index (χ0) is 14.5. The molecule has 0 aliphatic heterocycles. The van der Waals surface area contributed by atoms with Gasteiger partial charge < -0.3 is 14.4 Å². The first-order valence-corrected chi connectivity index (χ1v) is 6.53. The van der Waals surface area contributed by atoms with Crippen LogP contribution in [0.15, 0.2) is 34.8 Å². The number of aromatic nitrogens is 1. The first-order chi connectivity index (χ1) is 9.56. The average Bonchev–Trinajstić information content (AvgIpc) is 2.84. The second kappa shape index (κ2) is 6.34. The van der Waals surface area contributed by atoms with Gasteiger partial charge in [0.25, 0.3) is 0 Å². The number of aliphatic hydroxyl groups excluding tert-OH is 1. The van der Waals surface area contributed by atoms with Crippen molar-refractivity contribution in [3.8, 4) is 0 Å². The third kappa shape index (κ3) is 3.68. The number of nitrogens with zero attached hydrogens (tertiary/aromatic N) is 2. The topological polar surface area (TPSA) is 66.6 Å². The van der Waals surface area contributed by atoms with Gasteiger partial charge in [0.1, 0.15) is 5.52 Å². The molecule has 2 rings (SSSR count). The Labute approximate surface area is 117 Å². The molecule has 2 aromatic rings. The molecule has 0 fully saturated rings. The second-order valence-corrected chi connectivity index (χ2v) is 4.75. The third-order valence-corrected chi connectivity index (χ3v) is 2.94. The predicted octanol–water partition coefficient (Wildman–Crippen LogP) is 2.07. The summed E-state index contributed by atoms with van der Waals surface area (Å²) in [6.45, 7) is 2.21. The van der Waals surface area contributed by atoms with Crippen LogP contribution < -0.4 is 0 Å². The molecule has 1 heterocycles. The lowest BCUT2D eigenvalue weighted by molar-refractivity contribution is -0.124. The molecule has 1 atom stereocenters. The number of likely N-dealkylation sites (N-methyl/N-ethyl adjacent to an activating group) is 1. The van der Waals surface area contributed by atoms with Crippen LogP contribution in [-0.2, 0) is 4.79 Å². The maximum atomic E-state index is 11.8. The number of aliphatic hydroxyl groups is 1. The highest BCUT2D eigenvalue weighted by Crippen LogP contribution is 2.15. The Hall–Kier alpha value is -2.14. The third-order valence-electron chi connectivity index (χ3n) is 2.94. The summed E-state index contributed by atoms with van der Waals surface area (Å²) in [5.74, 6) is 0.261. The van der Waals surface area contributed by atoms with Crippen molar-refractivity contribution in [2.24, 2.45) is 0 Å². The molecule has 1 unspecified atom stereocenters. The SMILES string of the molecule is CC(O)CCN(C)C(=O)/C=C/c1nc2ccccc2o1. The van der Waals surface area contributed by atoms with Crippen molar-refractivity contribution in [1.82, 2.24) is 9.88 Å². The lowest BCUT2D eigenvalue weighted by Gasteiger charge is -2.15. The highest BCUT2D eigenvalue weighted by atomic mass is 16.3. The van der Waals surface area contributed by atoms with Gasteiger partial charge >= 0.3 is 0 Å². The molecule has 0 spiro atoms. The van der Waals surface area contributed by atoms with Gasteiger partial charge in [-0.05, 0) is 25.5 Å². The largest absolute Gasteiger partial charge is 0.437 e. The monoisotopic (exact) mass is 274 g/mol. The number of oxazole rings is 1. The van der Waals surface area contributed by atoms with Gasteiger partial charge in [0, 0.05) is 25.7 Å². The van der Waals surface area contributed by atoms with Crippen molar-refractivity contribution < 1.29 is 14.3 Å². The molecule has 20 heavy (non-hydrogen) atoms. The van der Waals surface area contributed by atoms with Crippen molar-refractivity contribution in [2.45, 2.75) is 19.4 Å². The summed E-state index contributed by atoms with van der Waals surface area (Å²) in [5.41, 5.74) is 1.46. The standard InChI is InChI=1S/C15H18N2O3/c1-11(18)9-10-17(2)15(19)8-7-14-16-12-5-3-4-6-13(12)20-14/h3-8,11,18H,9-10H2,1-2H3/b8-7+. The van der Waals surface area contributed by atoms with Crippen LogP contribution in [0, 0.1) is 0 Å². The smallest absolute Gasteiger partial charge is 0.246 e. The quantitative estimate of drug-likeness (QED) is 0.848. The molecule has 1 aromatic heterocycles. The highest BCUT2D eigenvalue weighted by Gasteiger charge is 2.07. The molecule has 106 valence electrons. The number of rotatable bonds is 5. The van der Waals surface area contributed by atoms with E-state index in [1.807, 2.05) is 24.3 Å². The zero-order valence-electron chi connectivity index (χ0n) is 11.6. The van der Waals surface area contributed by atoms with E-state index in [1.54, 1.807) is 24.9 Å². The van der Waals surface area contributed by atoms with E-state index >= 15 is 0 Å². The van der Waals surface area contributed by atoms with Crippen molar-refractivity contribution in [1.29, 1.82) is 0 Å². The van der Waals surface area contributed by atoms with Crippen molar-refractivity contribution in [3.05, 3.63) is 36.2 Å². The first kappa shape index (κ1) is 14.3. The van der Waals surface area contributed by atoms with E-state index in [2.05, 4.69) is 4.98 Å². The number of carbonyl (C=O) groups excluding carboxylic acids is 1. The van der Waals surface area contributed by atoms with E-state index in [0.29, 0.717) is 24.4 Å². The lowest BCUT2D eigenvalue weighted by atomic mass is 10.3. The van der Waals surface area contributed by atoms with E-state index in [4.69, 9.17) is 4.42 Å². The van der Waals surface area contributed by atoms with Crippen LogP contribution >= 0.6 is 0 Å². The number of hydrogen-bond donors (Lipinski definition) is 1. The van der Waals surface area contributed by atoms with Gasteiger partial charge in [0.05, 0.1) is 6.10 Å². The molecule has 1 N–H and O–H groups in total. The Morgan fingerprint density at radius 2 is 2.25 bits per heavy atom. The van der Waals surface area contributed by atoms with Crippen LogP contribution in [0.25, 0.3) is 17.2 Å². The summed E-state index contributed by atoms with van der Waals surface area (Å²) in [4.78, 5) is 17.6. The van der Waals surface area contributed by atoms with E-state index in [1.165, 1.54) is 6.08 Å². The number of amides is 1. The van der Waals surface area contributed by atoms with Crippen LogP contribution in [0.4, 0.5) is 0 Å². The number of carbonyl (C=O) groups is 1. The predicted molar refractivity (Wildman–Crippen MR) is 77.0 cm³/mol. The number of hydrogen-bond acceptors (Lipinski definition) is 4. The van der Waals surface area contributed by atoms with E-state index in [9.17, 15) is 9.90 Å². The fourth-order valence-corrected chi connectivity index (χ4v) is 1.72. The van der Waals surface area contributed by atoms with Gasteiger partial charge in [0.2, 0.25) is 11.8 Å².